The monoisotopic (exact) mass is 260 g/mol. The number of hydrogen-bond acceptors (Lipinski definition) is 4. The van der Waals surface area contributed by atoms with Crippen LogP contribution in [0.25, 0.3) is 0 Å². The van der Waals surface area contributed by atoms with Crippen molar-refractivity contribution in [1.82, 2.24) is 15.2 Å². The molecule has 0 aliphatic rings. The maximum absolute atomic E-state index is 5.71. The molecule has 0 aliphatic heterocycles. The zero-order valence-electron chi connectivity index (χ0n) is 11.6. The highest BCUT2D eigenvalue weighted by Gasteiger charge is 2.18. The van der Waals surface area contributed by atoms with Gasteiger partial charge in [0.25, 0.3) is 0 Å². The summed E-state index contributed by atoms with van der Waals surface area (Å²) in [4.78, 5) is 0. The number of nitrogens with two attached hydrogens (primary N) is 1. The molecule has 2 aromatic rings. The topological polar surface area (TPSA) is 65.1 Å². The van der Waals surface area contributed by atoms with E-state index in [0.29, 0.717) is 6.61 Å². The first kappa shape index (κ1) is 13.6. The Morgan fingerprint density at radius 1 is 1.37 bits per heavy atom. The molecule has 3 N–H and O–H groups in total. The van der Waals surface area contributed by atoms with Crippen molar-refractivity contribution >= 4 is 0 Å². The maximum Gasteiger partial charge on any atom is 0.119 e. The molecule has 0 aliphatic carbocycles. The van der Waals surface area contributed by atoms with Gasteiger partial charge in [-0.2, -0.15) is 5.10 Å². The molecule has 2 rings (SSSR count). The van der Waals surface area contributed by atoms with Crippen LogP contribution in [0.15, 0.2) is 30.5 Å². The van der Waals surface area contributed by atoms with E-state index in [9.17, 15) is 0 Å². The highest BCUT2D eigenvalue weighted by atomic mass is 16.5. The molecule has 0 saturated carbocycles. The summed E-state index contributed by atoms with van der Waals surface area (Å²) < 4.78 is 7.29. The summed E-state index contributed by atoms with van der Waals surface area (Å²) in [6.07, 6.45) is 1.84. The Morgan fingerprint density at radius 3 is 2.53 bits per heavy atom. The van der Waals surface area contributed by atoms with Crippen LogP contribution in [0.4, 0.5) is 0 Å². The lowest BCUT2D eigenvalue weighted by Gasteiger charge is -2.18. The number of nitrogens with one attached hydrogen (secondary N) is 1. The van der Waals surface area contributed by atoms with Gasteiger partial charge in [-0.15, -0.1) is 0 Å². The average molecular weight is 260 g/mol. The Labute approximate surface area is 113 Å². The normalized spacial score (nSPS) is 12.4. The van der Waals surface area contributed by atoms with Crippen LogP contribution in [0, 0.1) is 6.92 Å². The van der Waals surface area contributed by atoms with Gasteiger partial charge < -0.3 is 4.74 Å². The van der Waals surface area contributed by atoms with Crippen molar-refractivity contribution in [2.45, 2.75) is 19.9 Å². The number of hydrogen-bond donors (Lipinski definition) is 2. The van der Waals surface area contributed by atoms with E-state index in [1.165, 1.54) is 0 Å². The SMILES string of the molecule is CCOc1ccc(C(NN)c2c(C)cnn2C)cc1. The third kappa shape index (κ3) is 2.77. The molecule has 1 unspecified atom stereocenters. The Hall–Kier alpha value is -1.85. The Balaban J connectivity index is 2.32. The molecule has 5 nitrogen and oxygen atoms in total. The molecule has 1 heterocycles. The number of benzene rings is 1. The zero-order valence-corrected chi connectivity index (χ0v) is 11.6. The van der Waals surface area contributed by atoms with E-state index in [1.807, 2.05) is 56.0 Å². The average Bonchev–Trinajstić information content (AvgIpc) is 2.74. The standard InChI is InChI=1S/C14H20N4O/c1-4-19-12-7-5-11(6-8-12)13(17-15)14-10(2)9-16-18(14)3/h5-9,13,17H,4,15H2,1-3H3. The molecule has 0 saturated heterocycles. The fourth-order valence-electron chi connectivity index (χ4n) is 2.23. The van der Waals surface area contributed by atoms with E-state index < -0.39 is 0 Å². The van der Waals surface area contributed by atoms with Crippen molar-refractivity contribution < 1.29 is 4.74 Å². The molecule has 0 amide bonds. The summed E-state index contributed by atoms with van der Waals surface area (Å²) in [5.41, 5.74) is 6.11. The Bertz CT molecular complexity index is 513. The lowest BCUT2D eigenvalue weighted by Crippen LogP contribution is -2.30. The Kier molecular flexibility index (Phi) is 4.19. The number of aryl methyl sites for hydroxylation is 2. The Morgan fingerprint density at radius 2 is 2.05 bits per heavy atom. The summed E-state index contributed by atoms with van der Waals surface area (Å²) in [5, 5.41) is 4.25. The number of nitrogens with zero attached hydrogens (tertiary/aromatic N) is 2. The van der Waals surface area contributed by atoms with Crippen LogP contribution in [0.1, 0.15) is 29.8 Å². The summed E-state index contributed by atoms with van der Waals surface area (Å²) in [6.45, 7) is 4.66. The first-order valence-corrected chi connectivity index (χ1v) is 6.34. The van der Waals surface area contributed by atoms with Crippen molar-refractivity contribution in [3.8, 4) is 5.75 Å². The van der Waals surface area contributed by atoms with Gasteiger partial charge in [-0.25, -0.2) is 5.43 Å². The predicted molar refractivity (Wildman–Crippen MR) is 74.7 cm³/mol. The lowest BCUT2D eigenvalue weighted by atomic mass is 10.0. The van der Waals surface area contributed by atoms with E-state index in [2.05, 4.69) is 10.5 Å². The molecule has 5 heteroatoms. The van der Waals surface area contributed by atoms with Crippen LogP contribution < -0.4 is 16.0 Å². The second-order valence-corrected chi connectivity index (χ2v) is 4.44. The molecule has 1 aromatic heterocycles. The van der Waals surface area contributed by atoms with Crippen LogP contribution in [0.2, 0.25) is 0 Å². The zero-order chi connectivity index (χ0) is 13.8. The first-order chi connectivity index (χ1) is 9.17. The second kappa shape index (κ2) is 5.86. The third-order valence-electron chi connectivity index (χ3n) is 3.14. The number of aromatic nitrogens is 2. The quantitative estimate of drug-likeness (QED) is 0.634. The molecule has 19 heavy (non-hydrogen) atoms. The van der Waals surface area contributed by atoms with Crippen molar-refractivity contribution in [2.24, 2.45) is 12.9 Å². The van der Waals surface area contributed by atoms with Gasteiger partial charge in [-0.3, -0.25) is 10.5 Å². The number of hydrazine groups is 1. The van der Waals surface area contributed by atoms with E-state index in [4.69, 9.17) is 10.6 Å². The minimum atomic E-state index is -0.0804. The lowest BCUT2D eigenvalue weighted by molar-refractivity contribution is 0.340. The summed E-state index contributed by atoms with van der Waals surface area (Å²) >= 11 is 0. The van der Waals surface area contributed by atoms with Crippen molar-refractivity contribution in [3.63, 3.8) is 0 Å². The molecule has 0 spiro atoms. The molecular weight excluding hydrogens is 240 g/mol. The van der Waals surface area contributed by atoms with Gasteiger partial charge in [0, 0.05) is 7.05 Å². The third-order valence-corrected chi connectivity index (χ3v) is 3.14. The van der Waals surface area contributed by atoms with Gasteiger partial charge in [-0.1, -0.05) is 12.1 Å². The predicted octanol–water partition coefficient (Wildman–Crippen LogP) is 1.68. The second-order valence-electron chi connectivity index (χ2n) is 4.44. The van der Waals surface area contributed by atoms with Crippen molar-refractivity contribution in [2.75, 3.05) is 6.61 Å². The van der Waals surface area contributed by atoms with Crippen LogP contribution in [0.5, 0.6) is 5.75 Å². The molecule has 0 bridgehead atoms. The van der Waals surface area contributed by atoms with E-state index in [1.54, 1.807) is 0 Å². The molecule has 102 valence electrons. The minimum Gasteiger partial charge on any atom is -0.494 e. The van der Waals surface area contributed by atoms with Crippen molar-refractivity contribution in [1.29, 1.82) is 0 Å². The maximum atomic E-state index is 5.71. The van der Waals surface area contributed by atoms with E-state index >= 15 is 0 Å². The van der Waals surface area contributed by atoms with Crippen LogP contribution in [-0.4, -0.2) is 16.4 Å². The van der Waals surface area contributed by atoms with Gasteiger partial charge in [0.15, 0.2) is 0 Å². The fraction of sp³-hybridized carbons (Fsp3) is 0.357. The number of rotatable bonds is 5. The van der Waals surface area contributed by atoms with Crippen LogP contribution in [-0.2, 0) is 7.05 Å². The number of ether oxygens (including phenoxy) is 1. The van der Waals surface area contributed by atoms with Gasteiger partial charge in [-0.05, 0) is 37.1 Å². The van der Waals surface area contributed by atoms with Crippen molar-refractivity contribution in [3.05, 3.63) is 47.3 Å². The van der Waals surface area contributed by atoms with Gasteiger partial charge in [0.1, 0.15) is 5.75 Å². The molecule has 1 atom stereocenters. The smallest absolute Gasteiger partial charge is 0.119 e. The van der Waals surface area contributed by atoms with E-state index in [0.717, 1.165) is 22.6 Å². The first-order valence-electron chi connectivity index (χ1n) is 6.34. The van der Waals surface area contributed by atoms with E-state index in [-0.39, 0.29) is 6.04 Å². The van der Waals surface area contributed by atoms with Crippen LogP contribution >= 0.6 is 0 Å². The van der Waals surface area contributed by atoms with Gasteiger partial charge in [0.05, 0.1) is 24.5 Å². The van der Waals surface area contributed by atoms with Gasteiger partial charge in [0.2, 0.25) is 0 Å². The molecule has 1 aromatic carbocycles. The van der Waals surface area contributed by atoms with Crippen LogP contribution in [0.3, 0.4) is 0 Å². The summed E-state index contributed by atoms with van der Waals surface area (Å²) in [6, 6.07) is 7.86. The molecular formula is C14H20N4O. The fourth-order valence-corrected chi connectivity index (χ4v) is 2.23. The highest BCUT2D eigenvalue weighted by molar-refractivity contribution is 5.35. The largest absolute Gasteiger partial charge is 0.494 e. The minimum absolute atomic E-state index is 0.0804. The molecule has 0 radical (unpaired) electrons. The van der Waals surface area contributed by atoms with Gasteiger partial charge >= 0.3 is 0 Å². The highest BCUT2D eigenvalue weighted by Crippen LogP contribution is 2.25. The summed E-state index contributed by atoms with van der Waals surface area (Å²) in [7, 11) is 1.92. The summed E-state index contributed by atoms with van der Waals surface area (Å²) in [5.74, 6) is 6.57. The molecule has 0 fully saturated rings.